The summed E-state index contributed by atoms with van der Waals surface area (Å²) in [4.78, 5) is 61.9. The van der Waals surface area contributed by atoms with Crippen LogP contribution in [0.3, 0.4) is 0 Å². The lowest BCUT2D eigenvalue weighted by Gasteiger charge is -2.42. The number of para-hydroxylation sites is 1. The number of nitrogens with one attached hydrogen (secondary N) is 1. The number of aromatic nitrogens is 1. The minimum Gasteiger partial charge on any atom is -0.483 e. The van der Waals surface area contributed by atoms with E-state index in [1.165, 1.54) is 19.9 Å². The quantitative estimate of drug-likeness (QED) is 0.188. The number of carbonyl (C=O) groups excluding carboxylic acids is 4. The van der Waals surface area contributed by atoms with Gasteiger partial charge in [-0.3, -0.25) is 23.9 Å². The van der Waals surface area contributed by atoms with Crippen molar-refractivity contribution in [3.05, 3.63) is 47.7 Å². The third-order valence-corrected chi connectivity index (χ3v) is 15.5. The minimum absolute atomic E-state index is 0.0141. The van der Waals surface area contributed by atoms with Gasteiger partial charge in [0.15, 0.2) is 17.6 Å². The van der Waals surface area contributed by atoms with Gasteiger partial charge >= 0.3 is 17.8 Å². The number of ether oxygens (including phenoxy) is 2. The van der Waals surface area contributed by atoms with Crippen LogP contribution in [0.1, 0.15) is 102 Å². The van der Waals surface area contributed by atoms with Gasteiger partial charge in [-0.25, -0.2) is 22.2 Å². The van der Waals surface area contributed by atoms with Crippen molar-refractivity contribution in [1.29, 1.82) is 0 Å². The second-order valence-electron chi connectivity index (χ2n) is 17.7. The molecule has 3 saturated carbocycles. The number of rotatable bonds is 6. The molecule has 1 saturated heterocycles. The molecule has 1 unspecified atom stereocenters. The second-order valence-corrected chi connectivity index (χ2v) is 19.9. The number of halogens is 6. The minimum atomic E-state index is -4.61. The number of nitrogens with zero attached hydrogens (tertiary/aromatic N) is 2. The fourth-order valence-corrected chi connectivity index (χ4v) is 10.7. The van der Waals surface area contributed by atoms with Crippen molar-refractivity contribution in [3.8, 4) is 5.75 Å². The molecule has 3 aliphatic carbocycles. The summed E-state index contributed by atoms with van der Waals surface area (Å²) in [5, 5.41) is 0.150. The molecule has 1 spiro atoms. The molecule has 11 nitrogen and oxygen atoms in total. The van der Waals surface area contributed by atoms with Crippen LogP contribution in [0.25, 0.3) is 10.9 Å². The lowest BCUT2D eigenvalue weighted by molar-refractivity contribution is -0.333. The number of hydrogen-bond donors (Lipinski definition) is 1. The van der Waals surface area contributed by atoms with Gasteiger partial charge in [-0.2, -0.15) is 17.6 Å². The fraction of sp³-hybridized carbons (Fsp3) is 0.634. The predicted octanol–water partition coefficient (Wildman–Crippen LogP) is 6.83. The van der Waals surface area contributed by atoms with Crippen LogP contribution in [-0.4, -0.2) is 82.8 Å². The Balaban J connectivity index is 1.14. The molecule has 59 heavy (non-hydrogen) atoms. The molecule has 2 amide bonds. The zero-order chi connectivity index (χ0) is 42.6. The molecule has 0 radical (unpaired) electrons. The summed E-state index contributed by atoms with van der Waals surface area (Å²) < 4.78 is 127. The summed E-state index contributed by atoms with van der Waals surface area (Å²) in [6.45, 7) is 2.43. The number of carbonyl (C=O) groups is 4. The van der Waals surface area contributed by atoms with Crippen LogP contribution in [0.2, 0.25) is 0 Å². The number of amides is 2. The molecule has 1 aromatic carbocycles. The molecular weight excluding hydrogens is 809 g/mol. The Bertz CT molecular complexity index is 2270. The molecule has 320 valence electrons. The molecule has 6 atom stereocenters. The highest BCUT2D eigenvalue weighted by molar-refractivity contribution is 7.91. The third kappa shape index (κ3) is 7.07. The maximum Gasteiger partial charge on any atom is 0.346 e. The largest absolute Gasteiger partial charge is 0.483 e. The van der Waals surface area contributed by atoms with Crippen molar-refractivity contribution < 1.29 is 63.4 Å². The molecule has 3 aliphatic heterocycles. The third-order valence-electron chi connectivity index (χ3n) is 13.4. The molecule has 8 rings (SSSR count). The Kier molecular flexibility index (Phi) is 9.79. The molecular formula is C41H45F6N3O8S. The van der Waals surface area contributed by atoms with E-state index in [9.17, 15) is 45.2 Å². The van der Waals surface area contributed by atoms with E-state index in [1.807, 2.05) is 6.08 Å². The number of aryl methyl sites for hydroxylation is 1. The highest BCUT2D eigenvalue weighted by Crippen LogP contribution is 2.59. The van der Waals surface area contributed by atoms with Crippen molar-refractivity contribution >= 4 is 44.5 Å². The number of benzene rings is 1. The smallest absolute Gasteiger partial charge is 0.346 e. The van der Waals surface area contributed by atoms with E-state index in [4.69, 9.17) is 9.47 Å². The number of esters is 1. The van der Waals surface area contributed by atoms with Gasteiger partial charge in [0.2, 0.25) is 21.8 Å². The topological polar surface area (TPSA) is 149 Å². The van der Waals surface area contributed by atoms with Crippen LogP contribution >= 0.6 is 0 Å². The first-order valence-electron chi connectivity index (χ1n) is 20.0. The Morgan fingerprint density at radius 3 is 2.44 bits per heavy atom. The maximum absolute atomic E-state index is 16.6. The normalized spacial score (nSPS) is 33.5. The van der Waals surface area contributed by atoms with Crippen LogP contribution < -0.4 is 9.46 Å². The van der Waals surface area contributed by atoms with Gasteiger partial charge in [0.05, 0.1) is 58.8 Å². The number of fused-ring (bicyclic) bond motifs is 5. The zero-order valence-corrected chi connectivity index (χ0v) is 33.3. The number of ketones is 1. The van der Waals surface area contributed by atoms with Gasteiger partial charge in [0.1, 0.15) is 5.60 Å². The van der Waals surface area contributed by atoms with Gasteiger partial charge in [-0.15, -0.1) is 0 Å². The summed E-state index contributed by atoms with van der Waals surface area (Å²) in [6.07, 6.45) is -0.307. The zero-order valence-electron chi connectivity index (χ0n) is 32.5. The average Bonchev–Trinajstić information content (AvgIpc) is 4.04. The highest BCUT2D eigenvalue weighted by atomic mass is 32.2. The molecule has 6 aliphatic rings. The lowest BCUT2D eigenvalue weighted by Crippen LogP contribution is -2.63. The van der Waals surface area contributed by atoms with Crippen molar-refractivity contribution in [3.63, 3.8) is 0 Å². The number of Topliss-reactive ketones (excluding diaryl/α,β-unsaturated/α-hetero) is 1. The van der Waals surface area contributed by atoms with E-state index in [-0.39, 0.29) is 29.7 Å². The number of allylic oxidation sites excluding steroid dienone is 2. The summed E-state index contributed by atoms with van der Waals surface area (Å²) in [5.41, 5.74) is -3.38. The monoisotopic (exact) mass is 853 g/mol. The van der Waals surface area contributed by atoms with Crippen LogP contribution in [0, 0.1) is 24.2 Å². The summed E-state index contributed by atoms with van der Waals surface area (Å²) in [6, 6.07) is 4.80. The molecule has 4 heterocycles. The van der Waals surface area contributed by atoms with Gasteiger partial charge in [0, 0.05) is 24.1 Å². The number of alkyl halides is 6. The Morgan fingerprint density at radius 2 is 1.75 bits per heavy atom. The standard InChI is InChI=1S/C41H45F6N3O8S/c1-23-33-32(26-12-8-9-13-27(26)48-23)39(42,43)21-37(58-33)18-28-29(51)19-38(35(54)49-59(55,56)36(2)14-15-36)17-25(38)11-7-5-3-4-6-10-24(34(53)50(28)22-37)16-31(52)57-30-20-40(44,45)41(30,46)47/h7-9,11-13,24-25,28,30H,3-6,10,14-22H2,1-2H3,(H,49,54)/b11-7-/t24-,25-,28+,30?,37+,38-/m1/s1. The molecule has 0 bridgehead atoms. The molecule has 2 aromatic rings. The Labute approximate surface area is 336 Å². The summed E-state index contributed by atoms with van der Waals surface area (Å²) >= 11 is 0. The van der Waals surface area contributed by atoms with E-state index in [0.717, 1.165) is 4.90 Å². The van der Waals surface area contributed by atoms with E-state index in [0.29, 0.717) is 44.0 Å². The van der Waals surface area contributed by atoms with Gasteiger partial charge in [-0.05, 0) is 64.4 Å². The maximum atomic E-state index is 16.6. The van der Waals surface area contributed by atoms with Gasteiger partial charge in [0.25, 0.3) is 5.92 Å². The highest BCUT2D eigenvalue weighted by Gasteiger charge is 2.74. The average molecular weight is 854 g/mol. The van der Waals surface area contributed by atoms with E-state index < -0.39 is 135 Å². The Hall–Kier alpha value is -4.22. The second kappa shape index (κ2) is 13.9. The lowest BCUT2D eigenvalue weighted by atomic mass is 9.83. The van der Waals surface area contributed by atoms with Crippen LogP contribution in [-0.2, 0) is 39.9 Å². The molecule has 4 fully saturated rings. The van der Waals surface area contributed by atoms with Crippen molar-refractivity contribution in [2.75, 3.05) is 6.54 Å². The van der Waals surface area contributed by atoms with Crippen molar-refractivity contribution in [2.24, 2.45) is 17.3 Å². The van der Waals surface area contributed by atoms with Gasteiger partial charge in [-0.1, -0.05) is 43.2 Å². The van der Waals surface area contributed by atoms with E-state index >= 15 is 8.78 Å². The van der Waals surface area contributed by atoms with Crippen LogP contribution in [0.5, 0.6) is 5.75 Å². The summed E-state index contributed by atoms with van der Waals surface area (Å²) in [5.74, 6) is -18.5. The molecule has 1 N–H and O–H groups in total. The van der Waals surface area contributed by atoms with E-state index in [2.05, 4.69) is 9.71 Å². The first kappa shape index (κ1) is 41.5. The predicted molar refractivity (Wildman–Crippen MR) is 198 cm³/mol. The van der Waals surface area contributed by atoms with Gasteiger partial charge < -0.3 is 14.4 Å². The Morgan fingerprint density at radius 1 is 1.02 bits per heavy atom. The van der Waals surface area contributed by atoms with Crippen molar-refractivity contribution in [2.45, 2.75) is 138 Å². The number of pyridine rings is 1. The van der Waals surface area contributed by atoms with E-state index in [1.54, 1.807) is 24.3 Å². The van der Waals surface area contributed by atoms with Crippen LogP contribution in [0.4, 0.5) is 26.3 Å². The number of sulfonamides is 1. The molecule has 18 heteroatoms. The van der Waals surface area contributed by atoms with Crippen molar-refractivity contribution in [1.82, 2.24) is 14.6 Å². The fourth-order valence-electron chi connectivity index (χ4n) is 9.33. The first-order chi connectivity index (χ1) is 27.5. The number of hydrogen-bond acceptors (Lipinski definition) is 9. The first-order valence-corrected chi connectivity index (χ1v) is 21.5. The molecule has 1 aromatic heterocycles. The summed E-state index contributed by atoms with van der Waals surface area (Å²) in [7, 11) is -4.12. The SMILES string of the molecule is Cc1nc2ccccc2c2c1O[C@@]1(C[C@H]3C(=O)C[C@]4(C(=O)NS(=O)(=O)C5(C)CC5)C[C@H]4/C=C\CCCCC[C@H](CC(=O)OC4CC(F)(F)C4(F)F)C(=O)N3C1)CC2(F)F. The van der Waals surface area contributed by atoms with Crippen LogP contribution in [0.15, 0.2) is 36.4 Å².